The highest BCUT2D eigenvalue weighted by molar-refractivity contribution is 5.83. The van der Waals surface area contributed by atoms with E-state index < -0.39 is 0 Å². The number of nitrogens with one attached hydrogen (secondary N) is 1. The first-order chi connectivity index (χ1) is 13.1. The number of hydrogen-bond donors (Lipinski definition) is 1. The summed E-state index contributed by atoms with van der Waals surface area (Å²) in [4.78, 5) is 26.6. The van der Waals surface area contributed by atoms with Gasteiger partial charge in [-0.2, -0.15) is 5.10 Å². The molecule has 0 radical (unpaired) electrons. The quantitative estimate of drug-likeness (QED) is 0.806. The van der Waals surface area contributed by atoms with Gasteiger partial charge in [-0.25, -0.2) is 0 Å². The van der Waals surface area contributed by atoms with E-state index in [4.69, 9.17) is 4.74 Å². The molecule has 1 N–H and O–H groups in total. The van der Waals surface area contributed by atoms with Crippen molar-refractivity contribution in [2.45, 2.75) is 32.9 Å². The van der Waals surface area contributed by atoms with E-state index in [0.29, 0.717) is 39.0 Å². The van der Waals surface area contributed by atoms with Gasteiger partial charge in [0.25, 0.3) is 0 Å². The van der Waals surface area contributed by atoms with Gasteiger partial charge < -0.3 is 15.0 Å². The zero-order chi connectivity index (χ0) is 19.2. The lowest BCUT2D eigenvalue weighted by Crippen LogP contribution is -2.45. The molecule has 7 nitrogen and oxygen atoms in total. The first-order valence-electron chi connectivity index (χ1n) is 9.24. The van der Waals surface area contributed by atoms with Crippen molar-refractivity contribution >= 4 is 11.8 Å². The molecule has 7 heteroatoms. The first-order valence-corrected chi connectivity index (χ1v) is 9.24. The van der Waals surface area contributed by atoms with Gasteiger partial charge in [0, 0.05) is 37.8 Å². The Morgan fingerprint density at radius 1 is 1.33 bits per heavy atom. The molecule has 1 aliphatic rings. The van der Waals surface area contributed by atoms with Crippen molar-refractivity contribution in [1.29, 1.82) is 0 Å². The van der Waals surface area contributed by atoms with Crippen molar-refractivity contribution in [2.24, 2.45) is 5.92 Å². The third kappa shape index (κ3) is 4.87. The Kier molecular flexibility index (Phi) is 6.11. The maximum absolute atomic E-state index is 12.5. The van der Waals surface area contributed by atoms with Crippen LogP contribution in [0.5, 0.6) is 5.75 Å². The topological polar surface area (TPSA) is 76.5 Å². The number of rotatable bonds is 7. The summed E-state index contributed by atoms with van der Waals surface area (Å²) in [6.45, 7) is 3.99. The number of piperidine rings is 1. The number of amides is 2. The van der Waals surface area contributed by atoms with Gasteiger partial charge in [0.05, 0.1) is 25.3 Å². The van der Waals surface area contributed by atoms with Crippen LogP contribution in [0.15, 0.2) is 36.5 Å². The molecule has 1 fully saturated rings. The molecule has 2 heterocycles. The van der Waals surface area contributed by atoms with Crippen molar-refractivity contribution in [2.75, 3.05) is 20.2 Å². The fourth-order valence-corrected chi connectivity index (χ4v) is 3.35. The monoisotopic (exact) mass is 370 g/mol. The normalized spacial score (nSPS) is 17.0. The van der Waals surface area contributed by atoms with E-state index in [1.165, 1.54) is 0 Å². The standard InChI is InChI=1S/C20H26N4O3/c1-15-9-11-24(22-15)12-10-21-20(26)17-7-8-19(25)23(14-17)13-16-5-3-4-6-18(16)27-2/h3-6,9,11,17H,7-8,10,12-14H2,1-2H3,(H,21,26). The van der Waals surface area contributed by atoms with Crippen LogP contribution < -0.4 is 10.1 Å². The van der Waals surface area contributed by atoms with Crippen LogP contribution in [0.2, 0.25) is 0 Å². The smallest absolute Gasteiger partial charge is 0.224 e. The second kappa shape index (κ2) is 8.70. The van der Waals surface area contributed by atoms with Crippen LogP contribution in [0, 0.1) is 12.8 Å². The molecule has 2 aromatic rings. The maximum atomic E-state index is 12.5. The predicted molar refractivity (Wildman–Crippen MR) is 101 cm³/mol. The summed E-state index contributed by atoms with van der Waals surface area (Å²) in [5.41, 5.74) is 1.91. The molecule has 0 bridgehead atoms. The van der Waals surface area contributed by atoms with Crippen LogP contribution in [-0.2, 0) is 22.7 Å². The molecule has 1 saturated heterocycles. The molecular formula is C20H26N4O3. The van der Waals surface area contributed by atoms with Crippen LogP contribution in [-0.4, -0.2) is 46.7 Å². The van der Waals surface area contributed by atoms with Crippen LogP contribution in [0.1, 0.15) is 24.1 Å². The maximum Gasteiger partial charge on any atom is 0.224 e. The van der Waals surface area contributed by atoms with Crippen molar-refractivity contribution in [3.05, 3.63) is 47.8 Å². The lowest BCUT2D eigenvalue weighted by Gasteiger charge is -2.32. The summed E-state index contributed by atoms with van der Waals surface area (Å²) < 4.78 is 7.18. The lowest BCUT2D eigenvalue weighted by molar-refractivity contribution is -0.138. The Morgan fingerprint density at radius 2 is 2.15 bits per heavy atom. The molecule has 1 aliphatic heterocycles. The van der Waals surface area contributed by atoms with E-state index >= 15 is 0 Å². The Morgan fingerprint density at radius 3 is 2.89 bits per heavy atom. The van der Waals surface area contributed by atoms with Crippen LogP contribution in [0.4, 0.5) is 0 Å². The van der Waals surface area contributed by atoms with Gasteiger partial charge in [-0.1, -0.05) is 18.2 Å². The summed E-state index contributed by atoms with van der Waals surface area (Å²) in [7, 11) is 1.62. The zero-order valence-corrected chi connectivity index (χ0v) is 15.9. The third-order valence-corrected chi connectivity index (χ3v) is 4.84. The Balaban J connectivity index is 1.54. The van der Waals surface area contributed by atoms with E-state index in [9.17, 15) is 9.59 Å². The second-order valence-electron chi connectivity index (χ2n) is 6.83. The molecule has 144 valence electrons. The molecule has 0 aliphatic carbocycles. The number of hydrogen-bond acceptors (Lipinski definition) is 4. The minimum atomic E-state index is -0.184. The van der Waals surface area contributed by atoms with Gasteiger partial charge in [-0.15, -0.1) is 0 Å². The predicted octanol–water partition coefficient (Wildman–Crippen LogP) is 1.76. The van der Waals surface area contributed by atoms with Gasteiger partial charge in [0.1, 0.15) is 5.75 Å². The summed E-state index contributed by atoms with van der Waals surface area (Å²) in [5.74, 6) is 0.650. The Bertz CT molecular complexity index is 802. The molecule has 1 unspecified atom stereocenters. The van der Waals surface area contributed by atoms with Gasteiger partial charge in [0.2, 0.25) is 11.8 Å². The third-order valence-electron chi connectivity index (χ3n) is 4.84. The van der Waals surface area contributed by atoms with Gasteiger partial charge in [-0.05, 0) is 25.5 Å². The number of methoxy groups -OCH3 is 1. The van der Waals surface area contributed by atoms with E-state index in [0.717, 1.165) is 17.0 Å². The molecular weight excluding hydrogens is 344 g/mol. The van der Waals surface area contributed by atoms with Crippen LogP contribution in [0.25, 0.3) is 0 Å². The second-order valence-corrected chi connectivity index (χ2v) is 6.83. The lowest BCUT2D eigenvalue weighted by atomic mass is 9.96. The number of nitrogens with zero attached hydrogens (tertiary/aromatic N) is 3. The molecule has 1 aromatic carbocycles. The summed E-state index contributed by atoms with van der Waals surface area (Å²) >= 11 is 0. The SMILES string of the molecule is COc1ccccc1CN1CC(C(=O)NCCn2ccc(C)n2)CCC1=O. The fourth-order valence-electron chi connectivity index (χ4n) is 3.35. The number of likely N-dealkylation sites (tertiary alicyclic amines) is 1. The van der Waals surface area contributed by atoms with Crippen molar-refractivity contribution in [3.63, 3.8) is 0 Å². The van der Waals surface area contributed by atoms with Gasteiger partial charge in [0.15, 0.2) is 0 Å². The number of ether oxygens (including phenoxy) is 1. The number of aromatic nitrogens is 2. The number of para-hydroxylation sites is 1. The van der Waals surface area contributed by atoms with Crippen molar-refractivity contribution in [3.8, 4) is 5.75 Å². The molecule has 2 amide bonds. The molecule has 3 rings (SSSR count). The van der Waals surface area contributed by atoms with Crippen LogP contribution >= 0.6 is 0 Å². The van der Waals surface area contributed by atoms with E-state index in [1.807, 2.05) is 48.1 Å². The van der Waals surface area contributed by atoms with Gasteiger partial charge in [-0.3, -0.25) is 14.3 Å². The molecule has 1 atom stereocenters. The first kappa shape index (κ1) is 18.9. The minimum Gasteiger partial charge on any atom is -0.496 e. The zero-order valence-electron chi connectivity index (χ0n) is 15.9. The largest absolute Gasteiger partial charge is 0.496 e. The highest BCUT2D eigenvalue weighted by atomic mass is 16.5. The Hall–Kier alpha value is -2.83. The van der Waals surface area contributed by atoms with Crippen molar-refractivity contribution in [1.82, 2.24) is 20.0 Å². The molecule has 0 spiro atoms. The van der Waals surface area contributed by atoms with E-state index in [1.54, 1.807) is 12.0 Å². The number of carbonyl (C=O) groups is 2. The number of aryl methyl sites for hydroxylation is 1. The van der Waals surface area contributed by atoms with E-state index in [-0.39, 0.29) is 17.7 Å². The van der Waals surface area contributed by atoms with Gasteiger partial charge >= 0.3 is 0 Å². The number of benzene rings is 1. The fraction of sp³-hybridized carbons (Fsp3) is 0.450. The average Bonchev–Trinajstić information content (AvgIpc) is 3.09. The summed E-state index contributed by atoms with van der Waals surface area (Å²) in [6, 6.07) is 9.59. The summed E-state index contributed by atoms with van der Waals surface area (Å²) in [6.07, 6.45) is 2.88. The molecule has 0 saturated carbocycles. The number of carbonyl (C=O) groups excluding carboxylic acids is 2. The van der Waals surface area contributed by atoms with E-state index in [2.05, 4.69) is 10.4 Å². The Labute approximate surface area is 159 Å². The van der Waals surface area contributed by atoms with Crippen LogP contribution in [0.3, 0.4) is 0 Å². The highest BCUT2D eigenvalue weighted by Gasteiger charge is 2.30. The minimum absolute atomic E-state index is 0.00333. The summed E-state index contributed by atoms with van der Waals surface area (Å²) in [5, 5.41) is 7.28. The molecule has 27 heavy (non-hydrogen) atoms. The average molecular weight is 370 g/mol. The van der Waals surface area contributed by atoms with Crippen molar-refractivity contribution < 1.29 is 14.3 Å². The molecule has 1 aromatic heterocycles. The highest BCUT2D eigenvalue weighted by Crippen LogP contribution is 2.24.